The number of carbonyl (C=O) groups is 2. The van der Waals surface area contributed by atoms with E-state index in [0.717, 1.165) is 12.4 Å². The zero-order chi connectivity index (χ0) is 9.14. The second-order valence-electron chi connectivity index (χ2n) is 2.09. The Kier molecular flexibility index (Phi) is 2.09. The predicted molar refractivity (Wildman–Crippen MR) is 38.8 cm³/mol. The van der Waals surface area contributed by atoms with Crippen molar-refractivity contribution in [3.63, 3.8) is 0 Å². The Labute approximate surface area is 67.2 Å². The number of aliphatic imine (C=N–C) groups is 1. The van der Waals surface area contributed by atoms with Crippen molar-refractivity contribution in [1.82, 2.24) is 5.32 Å². The Morgan fingerprint density at radius 3 is 2.50 bits per heavy atom. The fourth-order valence-electron chi connectivity index (χ4n) is 0.656. The van der Waals surface area contributed by atoms with Crippen LogP contribution in [0.15, 0.2) is 16.8 Å². The van der Waals surface area contributed by atoms with Gasteiger partial charge in [0.2, 0.25) is 6.17 Å². The molecule has 0 amide bonds. The summed E-state index contributed by atoms with van der Waals surface area (Å²) in [6.07, 6.45) is 1.04. The molecular weight excluding hydrogens is 164 g/mol. The standard InChI is InChI=1S/C6H6N2O4/c9-5(10)3-1-7-4(6(11)12)8-2-3/h1-2,4,7H,(H,9,10)(H,11,12). The zero-order valence-electron chi connectivity index (χ0n) is 5.89. The molecule has 0 radical (unpaired) electrons. The summed E-state index contributed by atoms with van der Waals surface area (Å²) < 4.78 is 0. The van der Waals surface area contributed by atoms with Crippen molar-refractivity contribution in [2.45, 2.75) is 6.17 Å². The number of carboxylic acids is 2. The van der Waals surface area contributed by atoms with Gasteiger partial charge in [-0.15, -0.1) is 0 Å². The molecule has 0 saturated carbocycles. The molecule has 1 rings (SSSR count). The topological polar surface area (TPSA) is 99.0 Å². The SMILES string of the molecule is O=C(O)C1=CNC(C(=O)O)N=C1. The third-order valence-corrected chi connectivity index (χ3v) is 1.24. The zero-order valence-corrected chi connectivity index (χ0v) is 5.89. The lowest BCUT2D eigenvalue weighted by Crippen LogP contribution is -2.34. The molecule has 3 N–H and O–H groups in total. The molecule has 0 aromatic heterocycles. The van der Waals surface area contributed by atoms with Gasteiger partial charge in [0.25, 0.3) is 0 Å². The number of rotatable bonds is 2. The Hall–Kier alpha value is -1.85. The highest BCUT2D eigenvalue weighted by atomic mass is 16.4. The number of hydrogen-bond acceptors (Lipinski definition) is 4. The molecule has 12 heavy (non-hydrogen) atoms. The lowest BCUT2D eigenvalue weighted by molar-refractivity contribution is -0.139. The molecule has 0 saturated heterocycles. The van der Waals surface area contributed by atoms with Crippen LogP contribution in [0.1, 0.15) is 0 Å². The third kappa shape index (κ3) is 1.60. The van der Waals surface area contributed by atoms with Gasteiger partial charge in [-0.3, -0.25) is 4.99 Å². The molecule has 0 spiro atoms. The molecule has 1 heterocycles. The van der Waals surface area contributed by atoms with Crippen molar-refractivity contribution in [2.75, 3.05) is 0 Å². The van der Waals surface area contributed by atoms with E-state index in [-0.39, 0.29) is 5.57 Å². The molecule has 1 atom stereocenters. The Morgan fingerprint density at radius 2 is 2.17 bits per heavy atom. The second kappa shape index (κ2) is 3.04. The van der Waals surface area contributed by atoms with E-state index in [4.69, 9.17) is 10.2 Å². The summed E-state index contributed by atoms with van der Waals surface area (Å²) in [6.45, 7) is 0. The maximum Gasteiger partial charge on any atom is 0.349 e. The van der Waals surface area contributed by atoms with Crippen LogP contribution in [0.2, 0.25) is 0 Å². The molecule has 1 unspecified atom stereocenters. The van der Waals surface area contributed by atoms with Gasteiger partial charge >= 0.3 is 11.9 Å². The predicted octanol–water partition coefficient (Wildman–Crippen LogP) is -0.960. The molecule has 1 aliphatic rings. The first-order valence-corrected chi connectivity index (χ1v) is 3.07. The first kappa shape index (κ1) is 8.25. The van der Waals surface area contributed by atoms with E-state index in [1.54, 1.807) is 0 Å². The molecule has 0 aliphatic carbocycles. The number of hydrogen-bond donors (Lipinski definition) is 3. The van der Waals surface area contributed by atoms with Crippen molar-refractivity contribution < 1.29 is 19.8 Å². The van der Waals surface area contributed by atoms with Crippen LogP contribution < -0.4 is 5.32 Å². The molecule has 6 nitrogen and oxygen atoms in total. The van der Waals surface area contributed by atoms with Crippen LogP contribution >= 0.6 is 0 Å². The van der Waals surface area contributed by atoms with Crippen LogP contribution in [0.4, 0.5) is 0 Å². The monoisotopic (exact) mass is 170 g/mol. The van der Waals surface area contributed by atoms with Crippen molar-refractivity contribution in [1.29, 1.82) is 0 Å². The van der Waals surface area contributed by atoms with Crippen LogP contribution in [0.3, 0.4) is 0 Å². The van der Waals surface area contributed by atoms with Crippen LogP contribution in [0, 0.1) is 0 Å². The third-order valence-electron chi connectivity index (χ3n) is 1.24. The van der Waals surface area contributed by atoms with Gasteiger partial charge in [-0.2, -0.15) is 0 Å². The van der Waals surface area contributed by atoms with Gasteiger partial charge in [-0.05, 0) is 0 Å². The number of aliphatic carboxylic acids is 2. The average Bonchev–Trinajstić information content (AvgIpc) is 2.04. The Balaban J connectivity index is 2.68. The van der Waals surface area contributed by atoms with Gasteiger partial charge in [0.15, 0.2) is 0 Å². The summed E-state index contributed by atoms with van der Waals surface area (Å²) in [5.74, 6) is -2.29. The normalized spacial score (nSPS) is 21.0. The maximum absolute atomic E-state index is 10.3. The van der Waals surface area contributed by atoms with E-state index >= 15 is 0 Å². The molecule has 64 valence electrons. The average molecular weight is 170 g/mol. The van der Waals surface area contributed by atoms with Crippen LogP contribution in [0.25, 0.3) is 0 Å². The number of carboxylic acid groups (broad SMARTS) is 2. The van der Waals surface area contributed by atoms with E-state index < -0.39 is 18.1 Å². The quantitative estimate of drug-likeness (QED) is 0.495. The second-order valence-corrected chi connectivity index (χ2v) is 2.09. The summed E-state index contributed by atoms with van der Waals surface area (Å²) >= 11 is 0. The van der Waals surface area contributed by atoms with Gasteiger partial charge < -0.3 is 15.5 Å². The molecule has 0 bridgehead atoms. The van der Waals surface area contributed by atoms with Crippen molar-refractivity contribution in [3.8, 4) is 0 Å². The highest BCUT2D eigenvalue weighted by Gasteiger charge is 2.18. The number of nitrogens with zero attached hydrogens (tertiary/aromatic N) is 1. The largest absolute Gasteiger partial charge is 0.478 e. The van der Waals surface area contributed by atoms with Crippen LogP contribution in [-0.2, 0) is 9.59 Å². The van der Waals surface area contributed by atoms with Gasteiger partial charge in [-0.25, -0.2) is 9.59 Å². The smallest absolute Gasteiger partial charge is 0.349 e. The minimum atomic E-state index is -1.15. The summed E-state index contributed by atoms with van der Waals surface area (Å²) in [7, 11) is 0. The van der Waals surface area contributed by atoms with E-state index in [1.165, 1.54) is 0 Å². The van der Waals surface area contributed by atoms with Gasteiger partial charge in [-0.1, -0.05) is 0 Å². The van der Waals surface area contributed by atoms with E-state index in [2.05, 4.69) is 10.3 Å². The molecule has 6 heteroatoms. The minimum absolute atomic E-state index is 0.0625. The number of nitrogens with one attached hydrogen (secondary N) is 1. The van der Waals surface area contributed by atoms with Crippen molar-refractivity contribution >= 4 is 18.2 Å². The fraction of sp³-hybridized carbons (Fsp3) is 0.167. The van der Waals surface area contributed by atoms with E-state index in [0.29, 0.717) is 0 Å². The lowest BCUT2D eigenvalue weighted by atomic mass is 10.3. The molecule has 1 aliphatic heterocycles. The highest BCUT2D eigenvalue weighted by Crippen LogP contribution is 1.98. The minimum Gasteiger partial charge on any atom is -0.478 e. The van der Waals surface area contributed by atoms with E-state index in [1.807, 2.05) is 0 Å². The Morgan fingerprint density at radius 1 is 1.50 bits per heavy atom. The summed E-state index contributed by atoms with van der Waals surface area (Å²) in [5, 5.41) is 19.1. The molecule has 0 aromatic rings. The summed E-state index contributed by atoms with van der Waals surface area (Å²) in [5.41, 5.74) is -0.0625. The molecular formula is C6H6N2O4. The first-order chi connectivity index (χ1) is 5.61. The molecule has 0 fully saturated rings. The highest BCUT2D eigenvalue weighted by molar-refractivity contribution is 6.09. The van der Waals surface area contributed by atoms with Crippen molar-refractivity contribution in [2.24, 2.45) is 4.99 Å². The fourth-order valence-corrected chi connectivity index (χ4v) is 0.656. The van der Waals surface area contributed by atoms with Gasteiger partial charge in [0.1, 0.15) is 0 Å². The van der Waals surface area contributed by atoms with Crippen molar-refractivity contribution in [3.05, 3.63) is 11.8 Å². The van der Waals surface area contributed by atoms with Gasteiger partial charge in [0.05, 0.1) is 5.57 Å². The van der Waals surface area contributed by atoms with E-state index in [9.17, 15) is 9.59 Å². The van der Waals surface area contributed by atoms with Crippen LogP contribution in [-0.4, -0.2) is 34.5 Å². The lowest BCUT2D eigenvalue weighted by Gasteiger charge is -2.11. The summed E-state index contributed by atoms with van der Waals surface area (Å²) in [6, 6.07) is 0. The first-order valence-electron chi connectivity index (χ1n) is 3.07. The maximum atomic E-state index is 10.3. The van der Waals surface area contributed by atoms with Crippen LogP contribution in [0.5, 0.6) is 0 Å². The van der Waals surface area contributed by atoms with Gasteiger partial charge in [0, 0.05) is 12.4 Å². The summed E-state index contributed by atoms with van der Waals surface area (Å²) in [4.78, 5) is 24.0. The Bertz CT molecular complexity index is 281. The molecule has 0 aromatic carbocycles.